The lowest BCUT2D eigenvalue weighted by Gasteiger charge is -2.13. The number of rotatable bonds is 3. The molecule has 3 nitrogen and oxygen atoms in total. The van der Waals surface area contributed by atoms with Gasteiger partial charge in [-0.3, -0.25) is 8.97 Å². The molecular formula is C41H25N3. The molecule has 0 saturated carbocycles. The van der Waals surface area contributed by atoms with Gasteiger partial charge in [-0.25, -0.2) is 4.98 Å². The Morgan fingerprint density at radius 3 is 1.66 bits per heavy atom. The summed E-state index contributed by atoms with van der Waals surface area (Å²) in [4.78, 5) is 5.19. The van der Waals surface area contributed by atoms with Crippen LogP contribution in [0.5, 0.6) is 0 Å². The second-order valence-corrected chi connectivity index (χ2v) is 11.6. The van der Waals surface area contributed by atoms with E-state index in [9.17, 15) is 0 Å². The molecule has 0 aliphatic heterocycles. The number of hydrogen-bond donors (Lipinski definition) is 0. The molecule has 44 heavy (non-hydrogen) atoms. The highest BCUT2D eigenvalue weighted by molar-refractivity contribution is 6.34. The van der Waals surface area contributed by atoms with Gasteiger partial charge in [-0.1, -0.05) is 121 Å². The fraction of sp³-hybridized carbons (Fsp3) is 0. The van der Waals surface area contributed by atoms with Crippen molar-refractivity contribution in [3.05, 3.63) is 152 Å². The molecule has 0 bridgehead atoms. The Balaban J connectivity index is 1.43. The molecule has 0 fully saturated rings. The van der Waals surface area contributed by atoms with Crippen LogP contribution in [0, 0.1) is 0 Å². The van der Waals surface area contributed by atoms with Crippen molar-refractivity contribution in [1.29, 1.82) is 0 Å². The minimum atomic E-state index is 0.956. The number of nitrogens with zero attached hydrogens (tertiary/aromatic N) is 3. The van der Waals surface area contributed by atoms with Gasteiger partial charge < -0.3 is 0 Å². The second kappa shape index (κ2) is 8.79. The summed E-state index contributed by atoms with van der Waals surface area (Å²) in [7, 11) is 0. The van der Waals surface area contributed by atoms with Gasteiger partial charge in [-0.2, -0.15) is 0 Å². The molecular weight excluding hydrogens is 534 g/mol. The molecule has 3 heteroatoms. The van der Waals surface area contributed by atoms with E-state index in [0.29, 0.717) is 0 Å². The number of para-hydroxylation sites is 2. The van der Waals surface area contributed by atoms with Crippen molar-refractivity contribution in [2.45, 2.75) is 0 Å². The van der Waals surface area contributed by atoms with Gasteiger partial charge in [0.15, 0.2) is 0 Å². The first-order valence-electron chi connectivity index (χ1n) is 15.1. The topological polar surface area (TPSA) is 22.2 Å². The maximum Gasteiger partial charge on any atom is 0.131 e. The predicted molar refractivity (Wildman–Crippen MR) is 184 cm³/mol. The quantitative estimate of drug-likeness (QED) is 0.211. The van der Waals surface area contributed by atoms with Crippen molar-refractivity contribution in [3.8, 4) is 28.2 Å². The van der Waals surface area contributed by atoms with Crippen LogP contribution in [0.3, 0.4) is 0 Å². The van der Waals surface area contributed by atoms with Crippen LogP contribution in [0.25, 0.3) is 88.1 Å². The Morgan fingerprint density at radius 1 is 0.432 bits per heavy atom. The van der Waals surface area contributed by atoms with E-state index in [1.54, 1.807) is 0 Å². The maximum atomic E-state index is 5.19. The van der Waals surface area contributed by atoms with Crippen molar-refractivity contribution in [2.75, 3.05) is 0 Å². The number of benzene rings is 6. The minimum Gasteiger partial charge on any atom is -0.295 e. The third-order valence-electron chi connectivity index (χ3n) is 9.20. The monoisotopic (exact) mass is 559 g/mol. The average molecular weight is 560 g/mol. The van der Waals surface area contributed by atoms with Crippen LogP contribution >= 0.6 is 0 Å². The molecule has 0 radical (unpaired) electrons. The zero-order chi connectivity index (χ0) is 28.8. The minimum absolute atomic E-state index is 0.956. The third-order valence-corrected chi connectivity index (χ3v) is 9.20. The molecule has 6 aromatic carbocycles. The lowest BCUT2D eigenvalue weighted by Crippen LogP contribution is -2.00. The number of pyridine rings is 1. The molecule has 4 aromatic heterocycles. The van der Waals surface area contributed by atoms with Gasteiger partial charge in [0.05, 0.1) is 33.6 Å². The smallest absolute Gasteiger partial charge is 0.131 e. The predicted octanol–water partition coefficient (Wildman–Crippen LogP) is 10.7. The summed E-state index contributed by atoms with van der Waals surface area (Å²) in [5.41, 5.74) is 10.1. The molecule has 0 unspecified atom stereocenters. The molecule has 0 atom stereocenters. The summed E-state index contributed by atoms with van der Waals surface area (Å²) in [6, 6.07) is 54.4. The summed E-state index contributed by atoms with van der Waals surface area (Å²) in [5, 5.41) is 9.01. The number of aromatic nitrogens is 3. The van der Waals surface area contributed by atoms with Crippen molar-refractivity contribution < 1.29 is 0 Å². The summed E-state index contributed by atoms with van der Waals surface area (Å²) >= 11 is 0. The van der Waals surface area contributed by atoms with E-state index in [-0.39, 0.29) is 0 Å². The van der Waals surface area contributed by atoms with Gasteiger partial charge in [0.25, 0.3) is 0 Å². The second-order valence-electron chi connectivity index (χ2n) is 11.6. The Hall–Kier alpha value is -5.93. The van der Waals surface area contributed by atoms with Crippen molar-refractivity contribution >= 4 is 59.9 Å². The highest BCUT2D eigenvalue weighted by Crippen LogP contribution is 2.47. The van der Waals surface area contributed by atoms with Crippen LogP contribution in [0.1, 0.15) is 0 Å². The van der Waals surface area contributed by atoms with Gasteiger partial charge in [-0.05, 0) is 41.1 Å². The fourth-order valence-electron chi connectivity index (χ4n) is 7.38. The van der Waals surface area contributed by atoms with E-state index in [2.05, 4.69) is 161 Å². The van der Waals surface area contributed by atoms with Crippen LogP contribution < -0.4 is 0 Å². The van der Waals surface area contributed by atoms with Gasteiger partial charge in [-0.15, -0.1) is 0 Å². The SMILES string of the molecule is c1ccc(-c2cc(-n3c4ccccc4c4c5cc6ccccc6c6c7ccccc7n(c56)c43)cc(-c3ccccc3)n2)cc1. The molecule has 0 saturated heterocycles. The van der Waals surface area contributed by atoms with Crippen LogP contribution in [0.2, 0.25) is 0 Å². The standard InChI is InChI=1S/C41H25N3/c1-3-13-26(14-4-1)34-24-29(25-35(42-34)27-15-5-2-6-16-27)43-36-21-11-10-20-32(36)39-33-23-28-17-7-8-18-30(28)38-31-19-9-12-22-37(31)44(40(33)38)41(39)43/h1-25H. The molecule has 4 heterocycles. The Morgan fingerprint density at radius 2 is 0.977 bits per heavy atom. The molecule has 0 aliphatic rings. The molecule has 204 valence electrons. The van der Waals surface area contributed by atoms with Crippen molar-refractivity contribution in [2.24, 2.45) is 0 Å². The molecule has 0 aliphatic carbocycles. The normalized spacial score (nSPS) is 12.1. The summed E-state index contributed by atoms with van der Waals surface area (Å²) in [6.07, 6.45) is 0. The summed E-state index contributed by atoms with van der Waals surface area (Å²) in [5.74, 6) is 0. The zero-order valence-electron chi connectivity index (χ0n) is 23.8. The lowest BCUT2D eigenvalue weighted by molar-refractivity contribution is 1.11. The molecule has 0 N–H and O–H groups in total. The van der Waals surface area contributed by atoms with Crippen molar-refractivity contribution in [1.82, 2.24) is 14.0 Å². The van der Waals surface area contributed by atoms with Gasteiger partial charge in [0, 0.05) is 38.1 Å². The van der Waals surface area contributed by atoms with E-state index in [1.807, 2.05) is 0 Å². The summed E-state index contributed by atoms with van der Waals surface area (Å²) in [6.45, 7) is 0. The number of hydrogen-bond acceptors (Lipinski definition) is 1. The van der Waals surface area contributed by atoms with Gasteiger partial charge >= 0.3 is 0 Å². The highest BCUT2D eigenvalue weighted by Gasteiger charge is 2.25. The molecule has 10 rings (SSSR count). The van der Waals surface area contributed by atoms with E-state index in [0.717, 1.165) is 28.2 Å². The first kappa shape index (κ1) is 23.6. The lowest BCUT2D eigenvalue weighted by atomic mass is 10.00. The molecule has 0 amide bonds. The fourth-order valence-corrected chi connectivity index (χ4v) is 7.38. The third kappa shape index (κ3) is 3.13. The van der Waals surface area contributed by atoms with Crippen LogP contribution in [-0.4, -0.2) is 14.0 Å². The Labute approximate surface area is 253 Å². The largest absolute Gasteiger partial charge is 0.295 e. The van der Waals surface area contributed by atoms with Gasteiger partial charge in [0.2, 0.25) is 0 Å². The van der Waals surface area contributed by atoms with Crippen LogP contribution in [0.15, 0.2) is 152 Å². The van der Waals surface area contributed by atoms with E-state index in [1.165, 1.54) is 59.9 Å². The first-order valence-corrected chi connectivity index (χ1v) is 15.1. The van der Waals surface area contributed by atoms with E-state index < -0.39 is 0 Å². The number of fused-ring (bicyclic) bond motifs is 10. The van der Waals surface area contributed by atoms with Crippen LogP contribution in [0.4, 0.5) is 0 Å². The Kier molecular flexibility index (Phi) is 4.72. The van der Waals surface area contributed by atoms with Crippen LogP contribution in [-0.2, 0) is 0 Å². The van der Waals surface area contributed by atoms with E-state index >= 15 is 0 Å². The average Bonchev–Trinajstić information content (AvgIpc) is 3.73. The van der Waals surface area contributed by atoms with Crippen molar-refractivity contribution in [3.63, 3.8) is 0 Å². The summed E-state index contributed by atoms with van der Waals surface area (Å²) < 4.78 is 4.97. The molecule has 10 aromatic rings. The van der Waals surface area contributed by atoms with E-state index in [4.69, 9.17) is 4.98 Å². The molecule has 0 spiro atoms. The van der Waals surface area contributed by atoms with Gasteiger partial charge in [0.1, 0.15) is 5.65 Å². The first-order chi connectivity index (χ1) is 21.8. The Bertz CT molecular complexity index is 2640. The highest BCUT2D eigenvalue weighted by atomic mass is 15.1. The zero-order valence-corrected chi connectivity index (χ0v) is 23.8. The maximum absolute atomic E-state index is 5.19.